The highest BCUT2D eigenvalue weighted by molar-refractivity contribution is 7.20. The van der Waals surface area contributed by atoms with Crippen LogP contribution in [0.4, 0.5) is 5.69 Å². The molecular formula is C15H14N2O6S. The zero-order chi connectivity index (χ0) is 17.3. The molecule has 8 nitrogen and oxygen atoms in total. The third-order valence-corrected chi connectivity index (χ3v) is 5.02. The van der Waals surface area contributed by atoms with Gasteiger partial charge in [-0.3, -0.25) is 19.7 Å². The van der Waals surface area contributed by atoms with E-state index in [9.17, 15) is 19.7 Å². The molecular weight excluding hydrogens is 336 g/mol. The van der Waals surface area contributed by atoms with Gasteiger partial charge in [-0.05, 0) is 18.6 Å². The molecule has 9 heteroatoms. The van der Waals surface area contributed by atoms with Crippen LogP contribution in [0.15, 0.2) is 24.3 Å². The van der Waals surface area contributed by atoms with Crippen molar-refractivity contribution in [3.05, 3.63) is 39.3 Å². The SMILES string of the molecule is O=C(O)CC1(NC(=O)c2cc3cc([N+](=O)[O-])ccc3s2)CCOC1. The number of thiophene rings is 1. The Hall–Kier alpha value is -2.52. The molecule has 2 N–H and O–H groups in total. The van der Waals surface area contributed by atoms with E-state index in [2.05, 4.69) is 5.32 Å². The number of nitro benzene ring substituents is 1. The molecule has 1 fully saturated rings. The molecule has 126 valence electrons. The minimum atomic E-state index is -1.01. The van der Waals surface area contributed by atoms with E-state index in [0.717, 1.165) is 4.70 Å². The summed E-state index contributed by atoms with van der Waals surface area (Å²) in [5.41, 5.74) is -0.954. The lowest BCUT2D eigenvalue weighted by molar-refractivity contribution is -0.384. The van der Waals surface area contributed by atoms with Crippen LogP contribution < -0.4 is 5.32 Å². The zero-order valence-electron chi connectivity index (χ0n) is 12.5. The van der Waals surface area contributed by atoms with E-state index in [0.29, 0.717) is 23.3 Å². The Morgan fingerprint density at radius 3 is 2.83 bits per heavy atom. The number of nitrogens with zero attached hydrogens (tertiary/aromatic N) is 1. The lowest BCUT2D eigenvalue weighted by Gasteiger charge is -2.26. The molecule has 1 aromatic carbocycles. The Labute approximate surface area is 140 Å². The van der Waals surface area contributed by atoms with Crippen LogP contribution >= 0.6 is 11.3 Å². The van der Waals surface area contributed by atoms with E-state index in [1.165, 1.54) is 23.5 Å². The van der Waals surface area contributed by atoms with Gasteiger partial charge in [0.15, 0.2) is 0 Å². The maximum Gasteiger partial charge on any atom is 0.305 e. The average molecular weight is 350 g/mol. The molecule has 0 aliphatic carbocycles. The summed E-state index contributed by atoms with van der Waals surface area (Å²) >= 11 is 1.20. The average Bonchev–Trinajstić information content (AvgIpc) is 3.12. The molecule has 1 unspecified atom stereocenters. The van der Waals surface area contributed by atoms with E-state index >= 15 is 0 Å². The van der Waals surface area contributed by atoms with E-state index in [4.69, 9.17) is 9.84 Å². The summed E-state index contributed by atoms with van der Waals surface area (Å²) < 4.78 is 6.00. The third-order valence-electron chi connectivity index (χ3n) is 3.91. The van der Waals surface area contributed by atoms with Crippen LogP contribution in [-0.4, -0.2) is 40.7 Å². The molecule has 1 aliphatic rings. The number of aliphatic carboxylic acids is 1. The quantitative estimate of drug-likeness (QED) is 0.630. The van der Waals surface area contributed by atoms with Gasteiger partial charge in [0.25, 0.3) is 11.6 Å². The van der Waals surface area contributed by atoms with Crippen LogP contribution in [0.25, 0.3) is 10.1 Å². The van der Waals surface area contributed by atoms with Crippen molar-refractivity contribution in [1.29, 1.82) is 0 Å². The first-order valence-corrected chi connectivity index (χ1v) is 8.00. The van der Waals surface area contributed by atoms with Crippen molar-refractivity contribution in [2.45, 2.75) is 18.4 Å². The Kier molecular flexibility index (Phi) is 4.20. The summed E-state index contributed by atoms with van der Waals surface area (Å²) in [5.74, 6) is -1.40. The summed E-state index contributed by atoms with van der Waals surface area (Å²) in [6.07, 6.45) is 0.219. The van der Waals surface area contributed by atoms with Crippen molar-refractivity contribution in [2.75, 3.05) is 13.2 Å². The molecule has 2 aromatic rings. The van der Waals surface area contributed by atoms with Gasteiger partial charge in [-0.15, -0.1) is 11.3 Å². The smallest absolute Gasteiger partial charge is 0.305 e. The fourth-order valence-corrected chi connectivity index (χ4v) is 3.68. The van der Waals surface area contributed by atoms with Gasteiger partial charge in [0.1, 0.15) is 0 Å². The van der Waals surface area contributed by atoms with Crippen LogP contribution in [0.2, 0.25) is 0 Å². The van der Waals surface area contributed by atoms with E-state index in [1.54, 1.807) is 12.1 Å². The topological polar surface area (TPSA) is 119 Å². The minimum absolute atomic E-state index is 0.0428. The van der Waals surface area contributed by atoms with Crippen LogP contribution in [-0.2, 0) is 9.53 Å². The number of non-ortho nitro benzene ring substituents is 1. The molecule has 1 aliphatic heterocycles. The summed E-state index contributed by atoms with van der Waals surface area (Å²) in [7, 11) is 0. The lowest BCUT2D eigenvalue weighted by atomic mass is 9.94. The largest absolute Gasteiger partial charge is 0.481 e. The van der Waals surface area contributed by atoms with Crippen molar-refractivity contribution in [3.63, 3.8) is 0 Å². The second-order valence-electron chi connectivity index (χ2n) is 5.70. The highest BCUT2D eigenvalue weighted by Gasteiger charge is 2.39. The molecule has 1 saturated heterocycles. The molecule has 1 amide bonds. The monoisotopic (exact) mass is 350 g/mol. The van der Waals surface area contributed by atoms with Crippen LogP contribution in [0.1, 0.15) is 22.5 Å². The van der Waals surface area contributed by atoms with Gasteiger partial charge in [0, 0.05) is 28.8 Å². The highest BCUT2D eigenvalue weighted by Crippen LogP contribution is 2.30. The second-order valence-corrected chi connectivity index (χ2v) is 6.78. The Morgan fingerprint density at radius 1 is 1.42 bits per heavy atom. The molecule has 2 heterocycles. The van der Waals surface area contributed by atoms with Gasteiger partial charge in [0.2, 0.25) is 0 Å². The molecule has 3 rings (SSSR count). The van der Waals surface area contributed by atoms with Gasteiger partial charge in [-0.2, -0.15) is 0 Å². The zero-order valence-corrected chi connectivity index (χ0v) is 13.3. The van der Waals surface area contributed by atoms with Gasteiger partial charge >= 0.3 is 5.97 Å². The fraction of sp³-hybridized carbons (Fsp3) is 0.333. The molecule has 0 spiro atoms. The number of nitro groups is 1. The Bertz CT molecular complexity index is 824. The number of carbonyl (C=O) groups excluding carboxylic acids is 1. The normalized spacial score (nSPS) is 20.2. The molecule has 1 aromatic heterocycles. The van der Waals surface area contributed by atoms with Crippen molar-refractivity contribution in [2.24, 2.45) is 0 Å². The van der Waals surface area contributed by atoms with Crippen molar-refractivity contribution >= 4 is 39.0 Å². The third kappa shape index (κ3) is 3.22. The number of benzene rings is 1. The molecule has 0 saturated carbocycles. The number of ether oxygens (including phenoxy) is 1. The first kappa shape index (κ1) is 16.3. The number of hydrogen-bond donors (Lipinski definition) is 2. The van der Waals surface area contributed by atoms with E-state index < -0.39 is 22.3 Å². The van der Waals surface area contributed by atoms with Crippen LogP contribution in [0, 0.1) is 10.1 Å². The van der Waals surface area contributed by atoms with E-state index in [-0.39, 0.29) is 18.7 Å². The predicted molar refractivity (Wildman–Crippen MR) is 86.4 cm³/mol. The van der Waals surface area contributed by atoms with Gasteiger partial charge in [-0.25, -0.2) is 0 Å². The number of carboxylic acid groups (broad SMARTS) is 1. The second kappa shape index (κ2) is 6.17. The number of hydrogen-bond acceptors (Lipinski definition) is 6. The fourth-order valence-electron chi connectivity index (χ4n) is 2.74. The Morgan fingerprint density at radius 2 is 2.21 bits per heavy atom. The lowest BCUT2D eigenvalue weighted by Crippen LogP contribution is -2.50. The number of fused-ring (bicyclic) bond motifs is 1. The highest BCUT2D eigenvalue weighted by atomic mass is 32.1. The number of amides is 1. The molecule has 0 radical (unpaired) electrons. The van der Waals surface area contributed by atoms with Crippen molar-refractivity contribution in [3.8, 4) is 0 Å². The maximum absolute atomic E-state index is 12.5. The standard InChI is InChI=1S/C15H14N2O6S/c18-13(19)7-15(3-4-23-8-15)16-14(20)12-6-9-5-10(17(21)22)1-2-11(9)24-12/h1-2,5-6H,3-4,7-8H2,(H,16,20)(H,18,19). The summed E-state index contributed by atoms with van der Waals surface area (Å²) in [5, 5.41) is 23.2. The van der Waals surface area contributed by atoms with Gasteiger partial charge < -0.3 is 15.2 Å². The molecule has 0 bridgehead atoms. The molecule has 24 heavy (non-hydrogen) atoms. The van der Waals surface area contributed by atoms with Crippen LogP contribution in [0.3, 0.4) is 0 Å². The maximum atomic E-state index is 12.5. The van der Waals surface area contributed by atoms with Gasteiger partial charge in [0.05, 0.1) is 28.4 Å². The number of carboxylic acids is 1. The van der Waals surface area contributed by atoms with Crippen molar-refractivity contribution in [1.82, 2.24) is 5.32 Å². The number of rotatable bonds is 5. The van der Waals surface area contributed by atoms with Gasteiger partial charge in [-0.1, -0.05) is 0 Å². The predicted octanol–water partition coefficient (Wildman–Crippen LogP) is 2.17. The van der Waals surface area contributed by atoms with Crippen LogP contribution in [0.5, 0.6) is 0 Å². The first-order valence-electron chi connectivity index (χ1n) is 7.19. The van der Waals surface area contributed by atoms with Crippen molar-refractivity contribution < 1.29 is 24.4 Å². The summed E-state index contributed by atoms with van der Waals surface area (Å²) in [6, 6.07) is 5.97. The number of carbonyl (C=O) groups is 2. The van der Waals surface area contributed by atoms with E-state index in [1.807, 2.05) is 0 Å². The first-order chi connectivity index (χ1) is 11.4. The summed E-state index contributed by atoms with van der Waals surface area (Å²) in [6.45, 7) is 0.549. The minimum Gasteiger partial charge on any atom is -0.481 e. The number of nitrogens with one attached hydrogen (secondary N) is 1. The summed E-state index contributed by atoms with van der Waals surface area (Å²) in [4.78, 5) is 34.3. The molecule has 1 atom stereocenters. The Balaban J connectivity index is 1.85.